The van der Waals surface area contributed by atoms with E-state index in [9.17, 15) is 13.2 Å². The summed E-state index contributed by atoms with van der Waals surface area (Å²) in [4.78, 5) is 13.4. The van der Waals surface area contributed by atoms with Crippen molar-refractivity contribution in [3.05, 3.63) is 23.8 Å². The van der Waals surface area contributed by atoms with Gasteiger partial charge >= 0.3 is 0 Å². The summed E-state index contributed by atoms with van der Waals surface area (Å²) in [5, 5.41) is 0. The maximum absolute atomic E-state index is 12.0. The highest BCUT2D eigenvalue weighted by atomic mass is 32.2. The number of benzene rings is 1. The third-order valence-electron chi connectivity index (χ3n) is 3.41. The predicted molar refractivity (Wildman–Crippen MR) is 85.0 cm³/mol. The molecule has 0 atom stereocenters. The van der Waals surface area contributed by atoms with Crippen LogP contribution >= 0.6 is 0 Å². The second kappa shape index (κ2) is 6.05. The van der Waals surface area contributed by atoms with Crippen LogP contribution in [0.4, 0.5) is 11.4 Å². The van der Waals surface area contributed by atoms with E-state index in [0.29, 0.717) is 12.2 Å². The van der Waals surface area contributed by atoms with Crippen molar-refractivity contribution in [3.8, 4) is 0 Å². The molecule has 1 aromatic carbocycles. The molecule has 1 aliphatic rings. The van der Waals surface area contributed by atoms with Crippen LogP contribution in [0.15, 0.2) is 18.2 Å². The number of amides is 1. The van der Waals surface area contributed by atoms with Crippen molar-refractivity contribution >= 4 is 27.3 Å². The smallest absolute Gasteiger partial charge is 0.232 e. The molecule has 0 saturated heterocycles. The standard InChI is InChI=1S/C15H22N2O3S/c1-11(2)10-21(19,20)16-14-7-6-13-5-4-8-17(12(3)18)15(13)9-14/h6-7,9,11,16H,4-5,8,10H2,1-3H3. The minimum Gasteiger partial charge on any atom is -0.312 e. The van der Waals surface area contributed by atoms with Crippen molar-refractivity contribution in [1.29, 1.82) is 0 Å². The number of hydrogen-bond donors (Lipinski definition) is 1. The van der Waals surface area contributed by atoms with Gasteiger partial charge in [-0.2, -0.15) is 0 Å². The Morgan fingerprint density at radius 2 is 2.10 bits per heavy atom. The number of carbonyl (C=O) groups excluding carboxylic acids is 1. The molecule has 0 saturated carbocycles. The van der Waals surface area contributed by atoms with Gasteiger partial charge in [0, 0.05) is 19.2 Å². The van der Waals surface area contributed by atoms with Crippen LogP contribution in [0.5, 0.6) is 0 Å². The van der Waals surface area contributed by atoms with Gasteiger partial charge < -0.3 is 4.90 Å². The summed E-state index contributed by atoms with van der Waals surface area (Å²) in [6, 6.07) is 5.42. The number of carbonyl (C=O) groups is 1. The number of anilines is 2. The van der Waals surface area contributed by atoms with Crippen molar-refractivity contribution in [2.24, 2.45) is 5.92 Å². The first kappa shape index (κ1) is 15.8. The maximum atomic E-state index is 12.0. The highest BCUT2D eigenvalue weighted by Gasteiger charge is 2.21. The van der Waals surface area contributed by atoms with E-state index in [0.717, 1.165) is 24.1 Å². The van der Waals surface area contributed by atoms with Gasteiger partial charge in [0.1, 0.15) is 0 Å². The van der Waals surface area contributed by atoms with Crippen LogP contribution in [-0.4, -0.2) is 26.6 Å². The first-order chi connectivity index (χ1) is 9.78. The molecule has 1 heterocycles. The number of rotatable bonds is 4. The molecule has 0 spiro atoms. The molecule has 0 bridgehead atoms. The first-order valence-corrected chi connectivity index (χ1v) is 8.85. The summed E-state index contributed by atoms with van der Waals surface area (Å²) >= 11 is 0. The molecule has 0 radical (unpaired) electrons. The van der Waals surface area contributed by atoms with Gasteiger partial charge in [0.25, 0.3) is 0 Å². The number of aryl methyl sites for hydroxylation is 1. The van der Waals surface area contributed by atoms with Gasteiger partial charge in [-0.15, -0.1) is 0 Å². The molecule has 0 aliphatic carbocycles. The SMILES string of the molecule is CC(=O)N1CCCc2ccc(NS(=O)(=O)CC(C)C)cc21. The summed E-state index contributed by atoms with van der Waals surface area (Å²) in [6.07, 6.45) is 1.85. The molecule has 1 amide bonds. The summed E-state index contributed by atoms with van der Waals surface area (Å²) < 4.78 is 26.6. The molecule has 0 aromatic heterocycles. The zero-order chi connectivity index (χ0) is 15.6. The van der Waals surface area contributed by atoms with E-state index in [-0.39, 0.29) is 17.6 Å². The van der Waals surface area contributed by atoms with Crippen molar-refractivity contribution in [2.75, 3.05) is 21.9 Å². The Hall–Kier alpha value is -1.56. The van der Waals surface area contributed by atoms with Crippen LogP contribution in [0, 0.1) is 5.92 Å². The Kier molecular flexibility index (Phi) is 4.56. The highest BCUT2D eigenvalue weighted by molar-refractivity contribution is 7.92. The van der Waals surface area contributed by atoms with Crippen LogP contribution in [0.25, 0.3) is 0 Å². The summed E-state index contributed by atoms with van der Waals surface area (Å²) in [5.41, 5.74) is 2.42. The van der Waals surface area contributed by atoms with E-state index in [2.05, 4.69) is 4.72 Å². The predicted octanol–water partition coefficient (Wildman–Crippen LogP) is 2.38. The lowest BCUT2D eigenvalue weighted by molar-refractivity contribution is -0.116. The first-order valence-electron chi connectivity index (χ1n) is 7.20. The van der Waals surface area contributed by atoms with Gasteiger partial charge in [-0.1, -0.05) is 19.9 Å². The van der Waals surface area contributed by atoms with Gasteiger partial charge in [-0.05, 0) is 36.5 Å². The third kappa shape index (κ3) is 3.97. The van der Waals surface area contributed by atoms with Gasteiger partial charge in [-0.25, -0.2) is 8.42 Å². The summed E-state index contributed by atoms with van der Waals surface area (Å²) in [5.74, 6) is 0.132. The number of nitrogens with zero attached hydrogens (tertiary/aromatic N) is 1. The average Bonchev–Trinajstić information content (AvgIpc) is 2.35. The summed E-state index contributed by atoms with van der Waals surface area (Å²) in [6.45, 7) is 5.95. The van der Waals surface area contributed by atoms with E-state index in [1.165, 1.54) is 6.92 Å². The zero-order valence-electron chi connectivity index (χ0n) is 12.7. The lowest BCUT2D eigenvalue weighted by Crippen LogP contribution is -2.33. The molecule has 6 heteroatoms. The Bertz CT molecular complexity index is 638. The number of hydrogen-bond acceptors (Lipinski definition) is 3. The van der Waals surface area contributed by atoms with E-state index in [4.69, 9.17) is 0 Å². The fourth-order valence-corrected chi connectivity index (χ4v) is 4.07. The lowest BCUT2D eigenvalue weighted by atomic mass is 10.0. The van der Waals surface area contributed by atoms with Crippen molar-refractivity contribution in [3.63, 3.8) is 0 Å². The van der Waals surface area contributed by atoms with E-state index in [1.54, 1.807) is 17.0 Å². The molecule has 1 aromatic rings. The van der Waals surface area contributed by atoms with Crippen molar-refractivity contribution in [2.45, 2.75) is 33.6 Å². The summed E-state index contributed by atoms with van der Waals surface area (Å²) in [7, 11) is -3.35. The molecule has 1 aliphatic heterocycles. The molecule has 5 nitrogen and oxygen atoms in total. The second-order valence-electron chi connectivity index (χ2n) is 5.90. The van der Waals surface area contributed by atoms with Gasteiger partial charge in [0.2, 0.25) is 15.9 Å². The van der Waals surface area contributed by atoms with Gasteiger partial charge in [-0.3, -0.25) is 9.52 Å². The Morgan fingerprint density at radius 3 is 2.71 bits per heavy atom. The van der Waals surface area contributed by atoms with Crippen LogP contribution in [0.3, 0.4) is 0 Å². The van der Waals surface area contributed by atoms with Crippen LogP contribution in [0.1, 0.15) is 32.8 Å². The third-order valence-corrected chi connectivity index (χ3v) is 5.06. The van der Waals surface area contributed by atoms with Crippen LogP contribution in [0.2, 0.25) is 0 Å². The van der Waals surface area contributed by atoms with Crippen molar-refractivity contribution < 1.29 is 13.2 Å². The molecular weight excluding hydrogens is 288 g/mol. The van der Waals surface area contributed by atoms with Gasteiger partial charge in [0.05, 0.1) is 11.4 Å². The largest absolute Gasteiger partial charge is 0.312 e. The van der Waals surface area contributed by atoms with Crippen LogP contribution in [-0.2, 0) is 21.2 Å². The molecule has 116 valence electrons. The number of nitrogens with one attached hydrogen (secondary N) is 1. The highest BCUT2D eigenvalue weighted by Crippen LogP contribution is 2.30. The number of fused-ring (bicyclic) bond motifs is 1. The number of sulfonamides is 1. The minimum atomic E-state index is -3.35. The minimum absolute atomic E-state index is 0.0156. The lowest BCUT2D eigenvalue weighted by Gasteiger charge is -2.29. The van der Waals surface area contributed by atoms with Gasteiger partial charge in [0.15, 0.2) is 0 Å². The Labute approximate surface area is 126 Å². The topological polar surface area (TPSA) is 66.5 Å². The molecule has 21 heavy (non-hydrogen) atoms. The normalized spacial score (nSPS) is 15.0. The molecule has 0 fully saturated rings. The molecule has 0 unspecified atom stereocenters. The van der Waals surface area contributed by atoms with E-state index in [1.807, 2.05) is 19.9 Å². The van der Waals surface area contributed by atoms with Crippen LogP contribution < -0.4 is 9.62 Å². The van der Waals surface area contributed by atoms with E-state index >= 15 is 0 Å². The Morgan fingerprint density at radius 1 is 1.38 bits per heavy atom. The average molecular weight is 310 g/mol. The van der Waals surface area contributed by atoms with Crippen molar-refractivity contribution in [1.82, 2.24) is 0 Å². The zero-order valence-corrected chi connectivity index (χ0v) is 13.5. The molecular formula is C15H22N2O3S. The monoisotopic (exact) mass is 310 g/mol. The fraction of sp³-hybridized carbons (Fsp3) is 0.533. The fourth-order valence-electron chi connectivity index (χ4n) is 2.63. The second-order valence-corrected chi connectivity index (χ2v) is 7.66. The quantitative estimate of drug-likeness (QED) is 0.928. The molecule has 1 N–H and O–H groups in total. The van der Waals surface area contributed by atoms with E-state index < -0.39 is 10.0 Å². The molecule has 2 rings (SSSR count). The maximum Gasteiger partial charge on any atom is 0.232 e. The Balaban J connectivity index is 2.28.